The van der Waals surface area contributed by atoms with Crippen LogP contribution in [-0.4, -0.2) is 34.1 Å². The van der Waals surface area contributed by atoms with Gasteiger partial charge >= 0.3 is 0 Å². The van der Waals surface area contributed by atoms with Gasteiger partial charge in [-0.1, -0.05) is 6.92 Å². The molecule has 0 spiro atoms. The summed E-state index contributed by atoms with van der Waals surface area (Å²) >= 11 is 0. The number of hydrogen-bond acceptors (Lipinski definition) is 4. The molecule has 1 saturated heterocycles. The lowest BCUT2D eigenvalue weighted by Gasteiger charge is -2.27. The minimum atomic E-state index is 0.269. The van der Waals surface area contributed by atoms with Crippen LogP contribution in [0.2, 0.25) is 0 Å². The molecule has 1 fully saturated rings. The molecule has 2 rings (SSSR count). The van der Waals surface area contributed by atoms with Crippen molar-refractivity contribution in [3.05, 3.63) is 5.69 Å². The van der Waals surface area contributed by atoms with Gasteiger partial charge in [-0.25, -0.2) is 0 Å². The van der Waals surface area contributed by atoms with Crippen LogP contribution >= 0.6 is 0 Å². The lowest BCUT2D eigenvalue weighted by Crippen LogP contribution is -2.31. The second-order valence-corrected chi connectivity index (χ2v) is 5.02. The van der Waals surface area contributed by atoms with Crippen LogP contribution in [0, 0.1) is 0 Å². The van der Waals surface area contributed by atoms with Crippen LogP contribution in [0.4, 0.5) is 11.5 Å². The van der Waals surface area contributed by atoms with Crippen LogP contribution in [0.15, 0.2) is 0 Å². The van der Waals surface area contributed by atoms with Gasteiger partial charge in [-0.2, -0.15) is 5.10 Å². The van der Waals surface area contributed by atoms with Gasteiger partial charge in [0.15, 0.2) is 5.82 Å². The zero-order valence-corrected chi connectivity index (χ0v) is 11.4. The molecule has 1 atom stereocenters. The minimum Gasteiger partial charge on any atom is -0.396 e. The topological polar surface area (TPSA) is 67.3 Å². The van der Waals surface area contributed by atoms with Gasteiger partial charge in [0.2, 0.25) is 0 Å². The quantitative estimate of drug-likeness (QED) is 0.829. The van der Waals surface area contributed by atoms with E-state index >= 15 is 0 Å². The monoisotopic (exact) mass is 252 g/mol. The number of aliphatic hydroxyl groups is 1. The second kappa shape index (κ2) is 5.61. The van der Waals surface area contributed by atoms with E-state index in [1.54, 1.807) is 0 Å². The Bertz CT molecular complexity index is 402. The highest BCUT2D eigenvalue weighted by molar-refractivity contribution is 5.67. The minimum absolute atomic E-state index is 0.269. The number of aliphatic hydroxyl groups excluding tert-OH is 1. The third-order valence-electron chi connectivity index (χ3n) is 3.81. The number of anilines is 2. The Morgan fingerprint density at radius 3 is 2.89 bits per heavy atom. The smallest absolute Gasteiger partial charge is 0.150 e. The number of nitrogens with two attached hydrogens (primary N) is 1. The molecule has 1 unspecified atom stereocenters. The van der Waals surface area contributed by atoms with E-state index in [4.69, 9.17) is 10.8 Å². The van der Waals surface area contributed by atoms with Gasteiger partial charge < -0.3 is 15.7 Å². The maximum Gasteiger partial charge on any atom is 0.150 e. The third-order valence-corrected chi connectivity index (χ3v) is 3.81. The zero-order chi connectivity index (χ0) is 13.1. The summed E-state index contributed by atoms with van der Waals surface area (Å²) in [5, 5.41) is 13.5. The van der Waals surface area contributed by atoms with Gasteiger partial charge in [-0.15, -0.1) is 0 Å². The van der Waals surface area contributed by atoms with Gasteiger partial charge in [0.25, 0.3) is 0 Å². The van der Waals surface area contributed by atoms with Gasteiger partial charge in [0, 0.05) is 26.2 Å². The molecule has 0 aliphatic carbocycles. The van der Waals surface area contributed by atoms with Crippen LogP contribution in [-0.2, 0) is 13.5 Å². The lowest BCUT2D eigenvalue weighted by atomic mass is 10.1. The fourth-order valence-electron chi connectivity index (χ4n) is 2.93. The maximum absolute atomic E-state index is 8.97. The Morgan fingerprint density at radius 2 is 2.28 bits per heavy atom. The van der Waals surface area contributed by atoms with Crippen LogP contribution in [0.25, 0.3) is 0 Å². The summed E-state index contributed by atoms with van der Waals surface area (Å²) in [5.41, 5.74) is 8.03. The average Bonchev–Trinajstić information content (AvgIpc) is 2.91. The number of hydrogen-bond donors (Lipinski definition) is 2. The van der Waals surface area contributed by atoms with E-state index < -0.39 is 0 Å². The highest BCUT2D eigenvalue weighted by Crippen LogP contribution is 2.33. The van der Waals surface area contributed by atoms with Crippen molar-refractivity contribution in [1.82, 2.24) is 9.78 Å². The normalized spacial score (nSPS) is 19.7. The average molecular weight is 252 g/mol. The first-order valence-electron chi connectivity index (χ1n) is 6.87. The van der Waals surface area contributed by atoms with E-state index in [9.17, 15) is 0 Å². The van der Waals surface area contributed by atoms with Gasteiger partial charge in [0.05, 0.1) is 11.4 Å². The fourth-order valence-corrected chi connectivity index (χ4v) is 2.93. The summed E-state index contributed by atoms with van der Waals surface area (Å²) in [4.78, 5) is 2.37. The first kappa shape index (κ1) is 13.2. The molecule has 0 aromatic carbocycles. The summed E-state index contributed by atoms with van der Waals surface area (Å²) in [5.74, 6) is 1.06. The predicted octanol–water partition coefficient (Wildman–Crippen LogP) is 1.31. The number of aryl methyl sites for hydroxylation is 2. The van der Waals surface area contributed by atoms with Crippen molar-refractivity contribution in [2.75, 3.05) is 23.8 Å². The third kappa shape index (κ3) is 2.32. The summed E-state index contributed by atoms with van der Waals surface area (Å²) in [6.07, 6.45) is 5.14. The summed E-state index contributed by atoms with van der Waals surface area (Å²) in [7, 11) is 1.96. The first-order valence-corrected chi connectivity index (χ1v) is 6.87. The van der Waals surface area contributed by atoms with Crippen molar-refractivity contribution < 1.29 is 5.11 Å². The zero-order valence-electron chi connectivity index (χ0n) is 11.4. The van der Waals surface area contributed by atoms with Crippen molar-refractivity contribution in [1.29, 1.82) is 0 Å². The van der Waals surface area contributed by atoms with Crippen molar-refractivity contribution in [2.45, 2.75) is 45.1 Å². The van der Waals surface area contributed by atoms with Crippen LogP contribution in [0.3, 0.4) is 0 Å². The molecule has 18 heavy (non-hydrogen) atoms. The second-order valence-electron chi connectivity index (χ2n) is 5.02. The largest absolute Gasteiger partial charge is 0.396 e. The molecular weight excluding hydrogens is 228 g/mol. The molecule has 2 heterocycles. The van der Waals surface area contributed by atoms with Crippen molar-refractivity contribution in [3.8, 4) is 0 Å². The Kier molecular flexibility index (Phi) is 4.11. The highest BCUT2D eigenvalue weighted by Gasteiger charge is 2.28. The molecule has 1 aromatic heterocycles. The van der Waals surface area contributed by atoms with Crippen molar-refractivity contribution >= 4 is 11.5 Å². The van der Waals surface area contributed by atoms with Crippen molar-refractivity contribution in [2.24, 2.45) is 7.05 Å². The van der Waals surface area contributed by atoms with E-state index in [0.717, 1.165) is 43.0 Å². The number of nitrogen functional groups attached to an aromatic ring is 1. The molecular formula is C13H24N4O. The van der Waals surface area contributed by atoms with Crippen LogP contribution < -0.4 is 10.6 Å². The number of aromatic nitrogens is 2. The molecule has 1 aromatic rings. The Balaban J connectivity index is 2.21. The molecule has 5 nitrogen and oxygen atoms in total. The van der Waals surface area contributed by atoms with Crippen molar-refractivity contribution in [3.63, 3.8) is 0 Å². The summed E-state index contributed by atoms with van der Waals surface area (Å²) in [6.45, 7) is 3.39. The molecule has 1 aliphatic rings. The fraction of sp³-hybridized carbons (Fsp3) is 0.769. The number of nitrogens with zero attached hydrogens (tertiary/aromatic N) is 3. The van der Waals surface area contributed by atoms with Crippen LogP contribution in [0.1, 0.15) is 38.3 Å². The highest BCUT2D eigenvalue weighted by atomic mass is 16.2. The van der Waals surface area contributed by atoms with Gasteiger partial charge in [-0.3, -0.25) is 4.68 Å². The van der Waals surface area contributed by atoms with Crippen LogP contribution in [0.5, 0.6) is 0 Å². The predicted molar refractivity (Wildman–Crippen MR) is 73.7 cm³/mol. The summed E-state index contributed by atoms with van der Waals surface area (Å²) < 4.78 is 1.91. The SMILES string of the molecule is CCc1nn(C)c(N2CCCC2CCCO)c1N. The lowest BCUT2D eigenvalue weighted by molar-refractivity contribution is 0.279. The Morgan fingerprint density at radius 1 is 1.50 bits per heavy atom. The molecule has 0 bridgehead atoms. The Hall–Kier alpha value is -1.23. The van der Waals surface area contributed by atoms with Gasteiger partial charge in [0.1, 0.15) is 0 Å². The maximum atomic E-state index is 8.97. The molecule has 0 amide bonds. The molecule has 0 saturated carbocycles. The summed E-state index contributed by atoms with van der Waals surface area (Å²) in [6, 6.07) is 0.500. The van der Waals surface area contributed by atoms with E-state index in [2.05, 4.69) is 16.9 Å². The first-order chi connectivity index (χ1) is 8.69. The molecule has 102 valence electrons. The standard InChI is InChI=1S/C13H24N4O/c1-3-11-12(14)13(16(2)15-11)17-8-4-6-10(17)7-5-9-18/h10,18H,3-9,14H2,1-2H3. The molecule has 1 aliphatic heterocycles. The van der Waals surface area contributed by atoms with E-state index in [1.807, 2.05) is 11.7 Å². The molecule has 5 heteroatoms. The van der Waals surface area contributed by atoms with E-state index in [-0.39, 0.29) is 6.61 Å². The van der Waals surface area contributed by atoms with E-state index in [0.29, 0.717) is 6.04 Å². The molecule has 3 N–H and O–H groups in total. The number of rotatable bonds is 5. The van der Waals surface area contributed by atoms with E-state index in [1.165, 1.54) is 12.8 Å². The molecule has 0 radical (unpaired) electrons. The van der Waals surface area contributed by atoms with Gasteiger partial charge in [-0.05, 0) is 32.1 Å². The Labute approximate surface area is 109 Å².